The first-order valence-corrected chi connectivity index (χ1v) is 4.43. The SMILES string of the molecule is Fc1cc(N2CCNCC2)ccn1. The zero-order valence-corrected chi connectivity index (χ0v) is 7.33. The summed E-state index contributed by atoms with van der Waals surface area (Å²) in [5.74, 6) is -0.406. The number of pyridine rings is 1. The number of halogens is 1. The van der Waals surface area contributed by atoms with Gasteiger partial charge in [-0.3, -0.25) is 0 Å². The molecule has 1 aliphatic rings. The Balaban J connectivity index is 2.14. The Morgan fingerprint density at radius 1 is 1.38 bits per heavy atom. The first kappa shape index (κ1) is 8.44. The van der Waals surface area contributed by atoms with E-state index in [0.717, 1.165) is 31.9 Å². The lowest BCUT2D eigenvalue weighted by atomic mass is 10.3. The first-order valence-electron chi connectivity index (χ1n) is 4.43. The molecule has 1 fully saturated rings. The average molecular weight is 181 g/mol. The molecule has 1 N–H and O–H groups in total. The van der Waals surface area contributed by atoms with Crippen molar-refractivity contribution >= 4 is 5.69 Å². The summed E-state index contributed by atoms with van der Waals surface area (Å²) in [6.07, 6.45) is 1.51. The van der Waals surface area contributed by atoms with Crippen molar-refractivity contribution in [1.29, 1.82) is 0 Å². The lowest BCUT2D eigenvalue weighted by Crippen LogP contribution is -2.43. The molecule has 2 rings (SSSR count). The summed E-state index contributed by atoms with van der Waals surface area (Å²) in [5, 5.41) is 3.25. The van der Waals surface area contributed by atoms with Gasteiger partial charge in [-0.2, -0.15) is 4.39 Å². The van der Waals surface area contributed by atoms with Crippen molar-refractivity contribution in [2.45, 2.75) is 0 Å². The van der Waals surface area contributed by atoms with Crippen LogP contribution < -0.4 is 10.2 Å². The summed E-state index contributed by atoms with van der Waals surface area (Å²) in [7, 11) is 0. The summed E-state index contributed by atoms with van der Waals surface area (Å²) in [4.78, 5) is 5.68. The maximum Gasteiger partial charge on any atom is 0.214 e. The summed E-state index contributed by atoms with van der Waals surface area (Å²) >= 11 is 0. The molecule has 0 aromatic carbocycles. The van der Waals surface area contributed by atoms with E-state index in [1.807, 2.05) is 6.07 Å². The van der Waals surface area contributed by atoms with Gasteiger partial charge in [0.15, 0.2) is 0 Å². The molecule has 4 heteroatoms. The zero-order valence-electron chi connectivity index (χ0n) is 7.33. The topological polar surface area (TPSA) is 28.2 Å². The fourth-order valence-corrected chi connectivity index (χ4v) is 1.51. The summed E-state index contributed by atoms with van der Waals surface area (Å²) < 4.78 is 12.8. The van der Waals surface area contributed by atoms with Crippen LogP contribution in [0.3, 0.4) is 0 Å². The second kappa shape index (κ2) is 3.70. The van der Waals surface area contributed by atoms with Crippen LogP contribution in [0.4, 0.5) is 10.1 Å². The molecule has 1 saturated heterocycles. The molecular weight excluding hydrogens is 169 g/mol. The van der Waals surface area contributed by atoms with Crippen LogP contribution in [0.25, 0.3) is 0 Å². The molecule has 0 spiro atoms. The minimum Gasteiger partial charge on any atom is -0.369 e. The number of hydrogen-bond acceptors (Lipinski definition) is 3. The second-order valence-corrected chi connectivity index (χ2v) is 3.07. The highest BCUT2D eigenvalue weighted by molar-refractivity contribution is 5.45. The predicted octanol–water partition coefficient (Wildman–Crippen LogP) is 0.630. The van der Waals surface area contributed by atoms with Crippen LogP contribution in [-0.4, -0.2) is 31.2 Å². The Kier molecular flexibility index (Phi) is 2.40. The van der Waals surface area contributed by atoms with Crippen LogP contribution in [-0.2, 0) is 0 Å². The van der Waals surface area contributed by atoms with E-state index in [9.17, 15) is 4.39 Å². The van der Waals surface area contributed by atoms with Crippen molar-refractivity contribution < 1.29 is 4.39 Å². The highest BCUT2D eigenvalue weighted by Crippen LogP contribution is 2.13. The Morgan fingerprint density at radius 2 is 2.15 bits per heavy atom. The van der Waals surface area contributed by atoms with E-state index in [4.69, 9.17) is 0 Å². The number of hydrogen-bond donors (Lipinski definition) is 1. The van der Waals surface area contributed by atoms with E-state index in [0.29, 0.717) is 0 Å². The number of rotatable bonds is 1. The molecule has 0 bridgehead atoms. The van der Waals surface area contributed by atoms with Crippen LogP contribution in [0, 0.1) is 5.95 Å². The maximum absolute atomic E-state index is 12.8. The Labute approximate surface area is 76.6 Å². The van der Waals surface area contributed by atoms with Crippen molar-refractivity contribution in [3.63, 3.8) is 0 Å². The molecule has 2 heterocycles. The quantitative estimate of drug-likeness (QED) is 0.644. The van der Waals surface area contributed by atoms with Crippen LogP contribution in [0.15, 0.2) is 18.3 Å². The fourth-order valence-electron chi connectivity index (χ4n) is 1.51. The van der Waals surface area contributed by atoms with Gasteiger partial charge >= 0.3 is 0 Å². The molecule has 0 saturated carbocycles. The summed E-state index contributed by atoms with van der Waals surface area (Å²) in [6.45, 7) is 3.79. The zero-order chi connectivity index (χ0) is 9.10. The van der Waals surface area contributed by atoms with Gasteiger partial charge in [-0.25, -0.2) is 4.98 Å². The highest BCUT2D eigenvalue weighted by Gasteiger charge is 2.10. The average Bonchev–Trinajstić information content (AvgIpc) is 2.19. The van der Waals surface area contributed by atoms with Gasteiger partial charge in [0.25, 0.3) is 0 Å². The molecule has 1 aromatic heterocycles. The van der Waals surface area contributed by atoms with Gasteiger partial charge in [-0.15, -0.1) is 0 Å². The van der Waals surface area contributed by atoms with Gasteiger partial charge in [-0.1, -0.05) is 0 Å². The van der Waals surface area contributed by atoms with E-state index < -0.39 is 5.95 Å². The van der Waals surface area contributed by atoms with E-state index >= 15 is 0 Å². The molecule has 0 unspecified atom stereocenters. The molecule has 1 aliphatic heterocycles. The smallest absolute Gasteiger partial charge is 0.214 e. The summed E-state index contributed by atoms with van der Waals surface area (Å²) in [6, 6.07) is 3.32. The van der Waals surface area contributed by atoms with E-state index in [-0.39, 0.29) is 0 Å². The summed E-state index contributed by atoms with van der Waals surface area (Å²) in [5.41, 5.74) is 0.925. The first-order chi connectivity index (χ1) is 6.36. The lowest BCUT2D eigenvalue weighted by Gasteiger charge is -2.29. The molecule has 70 valence electrons. The standard InChI is InChI=1S/C9H12FN3/c10-9-7-8(1-2-12-9)13-5-3-11-4-6-13/h1-2,7,11H,3-6H2. The van der Waals surface area contributed by atoms with Gasteiger partial charge in [0.2, 0.25) is 5.95 Å². The molecule has 1 aromatic rings. The monoisotopic (exact) mass is 181 g/mol. The molecule has 3 nitrogen and oxygen atoms in total. The van der Waals surface area contributed by atoms with E-state index in [2.05, 4.69) is 15.2 Å². The molecule has 0 atom stereocenters. The highest BCUT2D eigenvalue weighted by atomic mass is 19.1. The van der Waals surface area contributed by atoms with Crippen LogP contribution >= 0.6 is 0 Å². The Hall–Kier alpha value is -1.16. The Morgan fingerprint density at radius 3 is 2.85 bits per heavy atom. The molecular formula is C9H12FN3. The van der Waals surface area contributed by atoms with Crippen molar-refractivity contribution in [2.24, 2.45) is 0 Å². The predicted molar refractivity (Wildman–Crippen MR) is 49.3 cm³/mol. The van der Waals surface area contributed by atoms with Gasteiger partial charge < -0.3 is 10.2 Å². The third-order valence-corrected chi connectivity index (χ3v) is 2.19. The molecule has 0 aliphatic carbocycles. The number of aromatic nitrogens is 1. The van der Waals surface area contributed by atoms with Gasteiger partial charge in [0.05, 0.1) is 0 Å². The number of piperazine rings is 1. The van der Waals surface area contributed by atoms with Crippen molar-refractivity contribution in [3.05, 3.63) is 24.3 Å². The van der Waals surface area contributed by atoms with Gasteiger partial charge in [-0.05, 0) is 6.07 Å². The fraction of sp³-hybridized carbons (Fsp3) is 0.444. The maximum atomic E-state index is 12.8. The second-order valence-electron chi connectivity index (χ2n) is 3.07. The minimum absolute atomic E-state index is 0.406. The van der Waals surface area contributed by atoms with Crippen LogP contribution in [0.2, 0.25) is 0 Å². The number of nitrogens with zero attached hydrogens (tertiary/aromatic N) is 2. The third-order valence-electron chi connectivity index (χ3n) is 2.19. The van der Waals surface area contributed by atoms with E-state index in [1.165, 1.54) is 12.3 Å². The van der Waals surface area contributed by atoms with Gasteiger partial charge in [0, 0.05) is 44.1 Å². The third kappa shape index (κ3) is 1.95. The molecule has 0 amide bonds. The van der Waals surface area contributed by atoms with Crippen molar-refractivity contribution in [3.8, 4) is 0 Å². The normalized spacial score (nSPS) is 17.5. The van der Waals surface area contributed by atoms with Crippen LogP contribution in [0.1, 0.15) is 0 Å². The Bertz CT molecular complexity index is 284. The lowest BCUT2D eigenvalue weighted by molar-refractivity contribution is 0.571. The number of anilines is 1. The largest absolute Gasteiger partial charge is 0.369 e. The number of nitrogens with one attached hydrogen (secondary N) is 1. The van der Waals surface area contributed by atoms with Crippen LogP contribution in [0.5, 0.6) is 0 Å². The molecule has 13 heavy (non-hydrogen) atoms. The van der Waals surface area contributed by atoms with E-state index in [1.54, 1.807) is 0 Å². The van der Waals surface area contributed by atoms with Crippen molar-refractivity contribution in [1.82, 2.24) is 10.3 Å². The van der Waals surface area contributed by atoms with Gasteiger partial charge in [0.1, 0.15) is 0 Å². The minimum atomic E-state index is -0.406. The molecule has 0 radical (unpaired) electrons. The van der Waals surface area contributed by atoms with Crippen molar-refractivity contribution in [2.75, 3.05) is 31.1 Å².